The van der Waals surface area contributed by atoms with Gasteiger partial charge in [0.15, 0.2) is 10.7 Å². The van der Waals surface area contributed by atoms with Gasteiger partial charge in [-0.2, -0.15) is 0 Å². The Hall–Kier alpha value is -2.45. The molecule has 0 spiro atoms. The number of alkyl halides is 1. The van der Waals surface area contributed by atoms with Gasteiger partial charge in [0.1, 0.15) is 24.5 Å². The molecule has 0 amide bonds. The van der Waals surface area contributed by atoms with Gasteiger partial charge in [0.2, 0.25) is 5.89 Å². The van der Waals surface area contributed by atoms with Crippen molar-refractivity contribution in [2.24, 2.45) is 0 Å². The Kier molecular flexibility index (Phi) is 5.12. The van der Waals surface area contributed by atoms with Gasteiger partial charge in [-0.3, -0.25) is 0 Å². The summed E-state index contributed by atoms with van der Waals surface area (Å²) < 4.78 is 28.5. The summed E-state index contributed by atoms with van der Waals surface area (Å²) in [7, 11) is 0. The molecule has 0 aliphatic carbocycles. The summed E-state index contributed by atoms with van der Waals surface area (Å²) >= 11 is 1.62. The van der Waals surface area contributed by atoms with Crippen LogP contribution in [0, 0.1) is 0 Å². The Morgan fingerprint density at radius 1 is 1.27 bits per heavy atom. The van der Waals surface area contributed by atoms with E-state index >= 15 is 0 Å². The van der Waals surface area contributed by atoms with E-state index in [-0.39, 0.29) is 6.61 Å². The van der Waals surface area contributed by atoms with E-state index in [9.17, 15) is 4.39 Å². The van der Waals surface area contributed by atoms with Gasteiger partial charge in [0, 0.05) is 36.3 Å². The third-order valence-corrected chi connectivity index (χ3v) is 4.93. The van der Waals surface area contributed by atoms with Gasteiger partial charge in [-0.1, -0.05) is 11.3 Å². The fraction of sp³-hybridized carbons (Fsp3) is 0.333. The lowest BCUT2D eigenvalue weighted by Gasteiger charge is -2.25. The molecule has 0 unspecified atom stereocenters. The number of benzene rings is 1. The van der Waals surface area contributed by atoms with Crippen molar-refractivity contribution in [2.75, 3.05) is 44.5 Å². The molecule has 8 heteroatoms. The highest BCUT2D eigenvalue weighted by Gasteiger charge is 2.14. The molecule has 2 aromatic heterocycles. The van der Waals surface area contributed by atoms with Crippen LogP contribution in [0.2, 0.25) is 0 Å². The number of hydrogen-bond acceptors (Lipinski definition) is 7. The van der Waals surface area contributed by atoms with E-state index in [4.69, 9.17) is 13.9 Å². The molecule has 3 aromatic rings. The number of hydrogen-bond donors (Lipinski definition) is 0. The predicted molar refractivity (Wildman–Crippen MR) is 99.6 cm³/mol. The Morgan fingerprint density at radius 2 is 2.15 bits per heavy atom. The van der Waals surface area contributed by atoms with Crippen molar-refractivity contribution in [1.29, 1.82) is 0 Å². The van der Waals surface area contributed by atoms with E-state index in [0.717, 1.165) is 41.8 Å². The third-order valence-electron chi connectivity index (χ3n) is 3.91. The number of halogens is 1. The van der Waals surface area contributed by atoms with E-state index in [2.05, 4.69) is 14.9 Å². The van der Waals surface area contributed by atoms with Crippen molar-refractivity contribution in [1.82, 2.24) is 9.97 Å². The van der Waals surface area contributed by atoms with Crippen molar-refractivity contribution in [3.05, 3.63) is 35.2 Å². The van der Waals surface area contributed by atoms with Gasteiger partial charge < -0.3 is 18.8 Å². The maximum atomic E-state index is 12.2. The lowest BCUT2D eigenvalue weighted by molar-refractivity contribution is 0.122. The summed E-state index contributed by atoms with van der Waals surface area (Å²) in [5.74, 6) is 1.07. The van der Waals surface area contributed by atoms with Crippen LogP contribution in [0.1, 0.15) is 10.8 Å². The first-order valence-corrected chi connectivity index (χ1v) is 9.19. The van der Waals surface area contributed by atoms with E-state index in [0.29, 0.717) is 17.2 Å². The molecule has 1 aliphatic rings. The number of thiazole rings is 1. The molecule has 0 saturated carbocycles. The fourth-order valence-corrected chi connectivity index (χ4v) is 3.52. The zero-order valence-corrected chi connectivity index (χ0v) is 14.9. The summed E-state index contributed by atoms with van der Waals surface area (Å²) in [4.78, 5) is 12.1. The predicted octanol–water partition coefficient (Wildman–Crippen LogP) is 3.64. The maximum absolute atomic E-state index is 12.2. The lowest BCUT2D eigenvalue weighted by Crippen LogP contribution is -2.36. The van der Waals surface area contributed by atoms with Gasteiger partial charge in [-0.05, 0) is 18.2 Å². The largest absolute Gasteiger partial charge is 0.491 e. The zero-order valence-electron chi connectivity index (χ0n) is 14.1. The SMILES string of the molecule is FCCOc1ccc2nc(/C=C/c3cnc(N4CCOCC4)s3)oc2c1. The summed E-state index contributed by atoms with van der Waals surface area (Å²) in [5, 5.41) is 1.00. The quantitative estimate of drug-likeness (QED) is 0.656. The molecule has 6 nitrogen and oxygen atoms in total. The molecule has 26 heavy (non-hydrogen) atoms. The van der Waals surface area contributed by atoms with Crippen LogP contribution in [-0.4, -0.2) is 49.6 Å². The first-order chi connectivity index (χ1) is 12.8. The summed E-state index contributed by atoms with van der Waals surface area (Å²) in [6, 6.07) is 5.28. The molecular weight excluding hydrogens is 357 g/mol. The standard InChI is InChI=1S/C18H18FN3O3S/c19-5-8-24-13-1-3-15-16(11-13)25-17(21-15)4-2-14-12-20-18(26-14)22-6-9-23-10-7-22/h1-4,11-12H,5-10H2/b4-2+. The highest BCUT2D eigenvalue weighted by Crippen LogP contribution is 2.26. The normalized spacial score (nSPS) is 15.2. The summed E-state index contributed by atoms with van der Waals surface area (Å²) in [5.41, 5.74) is 1.34. The molecule has 0 radical (unpaired) electrons. The minimum atomic E-state index is -0.524. The summed E-state index contributed by atoms with van der Waals surface area (Å²) in [6.07, 6.45) is 5.60. The molecule has 1 aliphatic heterocycles. The van der Waals surface area contributed by atoms with Crippen LogP contribution in [-0.2, 0) is 4.74 Å². The van der Waals surface area contributed by atoms with E-state index in [1.54, 1.807) is 29.5 Å². The Bertz CT molecular complexity index is 902. The second-order valence-electron chi connectivity index (χ2n) is 5.70. The van der Waals surface area contributed by atoms with E-state index in [1.807, 2.05) is 18.3 Å². The highest BCUT2D eigenvalue weighted by molar-refractivity contribution is 7.16. The topological polar surface area (TPSA) is 60.6 Å². The number of anilines is 1. The van der Waals surface area contributed by atoms with Gasteiger partial charge >= 0.3 is 0 Å². The van der Waals surface area contributed by atoms with Crippen molar-refractivity contribution in [3.63, 3.8) is 0 Å². The number of morpholine rings is 1. The molecular formula is C18H18FN3O3S. The molecule has 0 atom stereocenters. The lowest BCUT2D eigenvalue weighted by atomic mass is 10.3. The van der Waals surface area contributed by atoms with Crippen LogP contribution in [0.3, 0.4) is 0 Å². The molecule has 4 rings (SSSR count). The second-order valence-corrected chi connectivity index (χ2v) is 6.74. The second kappa shape index (κ2) is 7.84. The Morgan fingerprint density at radius 3 is 3.00 bits per heavy atom. The van der Waals surface area contributed by atoms with Gasteiger partial charge in [0.25, 0.3) is 0 Å². The smallest absolute Gasteiger partial charge is 0.220 e. The molecule has 136 valence electrons. The first-order valence-electron chi connectivity index (χ1n) is 8.38. The zero-order chi connectivity index (χ0) is 17.8. The third kappa shape index (κ3) is 3.86. The van der Waals surface area contributed by atoms with Crippen LogP contribution in [0.25, 0.3) is 23.3 Å². The van der Waals surface area contributed by atoms with Crippen LogP contribution >= 0.6 is 11.3 Å². The Balaban J connectivity index is 1.47. The van der Waals surface area contributed by atoms with Crippen LogP contribution in [0.15, 0.2) is 28.8 Å². The molecule has 0 bridgehead atoms. The van der Waals surface area contributed by atoms with Gasteiger partial charge in [-0.15, -0.1) is 0 Å². The van der Waals surface area contributed by atoms with E-state index in [1.165, 1.54) is 0 Å². The molecule has 1 aromatic carbocycles. The van der Waals surface area contributed by atoms with Crippen LogP contribution in [0.5, 0.6) is 5.75 Å². The van der Waals surface area contributed by atoms with Crippen molar-refractivity contribution >= 4 is 39.7 Å². The molecule has 3 heterocycles. The number of fused-ring (bicyclic) bond motifs is 1. The highest BCUT2D eigenvalue weighted by atomic mass is 32.1. The molecule has 1 fully saturated rings. The monoisotopic (exact) mass is 375 g/mol. The van der Waals surface area contributed by atoms with Crippen molar-refractivity contribution in [2.45, 2.75) is 0 Å². The van der Waals surface area contributed by atoms with Gasteiger partial charge in [-0.25, -0.2) is 14.4 Å². The minimum absolute atomic E-state index is 0.0310. The number of ether oxygens (including phenoxy) is 2. The van der Waals surface area contributed by atoms with Crippen molar-refractivity contribution in [3.8, 4) is 5.75 Å². The van der Waals surface area contributed by atoms with Crippen molar-refractivity contribution < 1.29 is 18.3 Å². The number of oxazole rings is 1. The number of rotatable bonds is 6. The first kappa shape index (κ1) is 17.0. The van der Waals surface area contributed by atoms with Gasteiger partial charge in [0.05, 0.1) is 13.2 Å². The van der Waals surface area contributed by atoms with E-state index < -0.39 is 6.67 Å². The molecule has 1 saturated heterocycles. The number of aromatic nitrogens is 2. The minimum Gasteiger partial charge on any atom is -0.491 e. The molecule has 0 N–H and O–H groups in total. The number of nitrogens with zero attached hydrogens (tertiary/aromatic N) is 3. The maximum Gasteiger partial charge on any atom is 0.220 e. The van der Waals surface area contributed by atoms with Crippen LogP contribution in [0.4, 0.5) is 9.52 Å². The fourth-order valence-electron chi connectivity index (χ4n) is 2.65. The average molecular weight is 375 g/mol. The Labute approximate surface area is 153 Å². The average Bonchev–Trinajstić information content (AvgIpc) is 3.31. The summed E-state index contributed by atoms with van der Waals surface area (Å²) in [6.45, 7) is 2.73. The van der Waals surface area contributed by atoms with Crippen LogP contribution < -0.4 is 9.64 Å².